The van der Waals surface area contributed by atoms with Gasteiger partial charge in [-0.05, 0) is 56.0 Å². The Balaban J connectivity index is 2.08. The van der Waals surface area contributed by atoms with E-state index in [4.69, 9.17) is 9.47 Å². The van der Waals surface area contributed by atoms with Gasteiger partial charge in [-0.2, -0.15) is 0 Å². The van der Waals surface area contributed by atoms with Crippen molar-refractivity contribution in [3.63, 3.8) is 0 Å². The van der Waals surface area contributed by atoms with Crippen LogP contribution in [0.3, 0.4) is 0 Å². The fraction of sp³-hybridized carbons (Fsp3) is 0.381. The number of hydrogen-bond donors (Lipinski definition) is 1. The van der Waals surface area contributed by atoms with Crippen LogP contribution in [0.15, 0.2) is 42.5 Å². The average Bonchev–Trinajstić information content (AvgIpc) is 2.55. The number of carbonyl (C=O) groups excluding carboxylic acids is 1. The standard InChI is InChI=1S/C21H27NO3/c1-6-24-18-9-7-8-17(13-18)22-21(23)16(5)25-20-12-15(4)10-11-19(20)14(2)3/h7-14,16H,6H2,1-5H3,(H,22,23). The second kappa shape index (κ2) is 8.56. The summed E-state index contributed by atoms with van der Waals surface area (Å²) in [6, 6.07) is 13.5. The summed E-state index contributed by atoms with van der Waals surface area (Å²) in [6.45, 7) is 10.5. The maximum atomic E-state index is 12.5. The van der Waals surface area contributed by atoms with Gasteiger partial charge in [0.05, 0.1) is 6.61 Å². The van der Waals surface area contributed by atoms with Gasteiger partial charge in [-0.3, -0.25) is 4.79 Å². The number of amides is 1. The van der Waals surface area contributed by atoms with E-state index < -0.39 is 6.10 Å². The number of hydrogen-bond acceptors (Lipinski definition) is 3. The third-order valence-electron chi connectivity index (χ3n) is 3.88. The van der Waals surface area contributed by atoms with Crippen LogP contribution in [-0.2, 0) is 4.79 Å². The predicted octanol–water partition coefficient (Wildman–Crippen LogP) is 4.92. The third kappa shape index (κ3) is 5.24. The molecule has 2 rings (SSSR count). The highest BCUT2D eigenvalue weighted by Gasteiger charge is 2.18. The quantitative estimate of drug-likeness (QED) is 0.777. The first-order chi connectivity index (χ1) is 11.9. The van der Waals surface area contributed by atoms with Gasteiger partial charge in [0.2, 0.25) is 0 Å². The molecule has 25 heavy (non-hydrogen) atoms. The molecule has 0 fully saturated rings. The van der Waals surface area contributed by atoms with Crippen LogP contribution >= 0.6 is 0 Å². The van der Waals surface area contributed by atoms with Crippen LogP contribution in [0.1, 0.15) is 44.7 Å². The molecule has 1 N–H and O–H groups in total. The van der Waals surface area contributed by atoms with Crippen molar-refractivity contribution in [2.45, 2.75) is 46.6 Å². The zero-order valence-corrected chi connectivity index (χ0v) is 15.6. The van der Waals surface area contributed by atoms with Crippen LogP contribution in [-0.4, -0.2) is 18.6 Å². The van der Waals surface area contributed by atoms with E-state index in [9.17, 15) is 4.79 Å². The maximum absolute atomic E-state index is 12.5. The molecule has 0 radical (unpaired) electrons. The fourth-order valence-corrected chi connectivity index (χ4v) is 2.54. The molecular weight excluding hydrogens is 314 g/mol. The molecule has 0 aromatic heterocycles. The van der Waals surface area contributed by atoms with Gasteiger partial charge in [-0.15, -0.1) is 0 Å². The summed E-state index contributed by atoms with van der Waals surface area (Å²) in [4.78, 5) is 12.5. The van der Waals surface area contributed by atoms with Crippen molar-refractivity contribution in [2.75, 3.05) is 11.9 Å². The number of benzene rings is 2. The topological polar surface area (TPSA) is 47.6 Å². The molecule has 1 atom stereocenters. The molecule has 134 valence electrons. The molecule has 4 heteroatoms. The van der Waals surface area contributed by atoms with Crippen molar-refractivity contribution in [3.8, 4) is 11.5 Å². The zero-order valence-electron chi connectivity index (χ0n) is 15.6. The molecule has 0 saturated heterocycles. The first-order valence-corrected chi connectivity index (χ1v) is 8.71. The molecule has 2 aromatic carbocycles. The normalized spacial score (nSPS) is 11.9. The Morgan fingerprint density at radius 2 is 1.88 bits per heavy atom. The Hall–Kier alpha value is -2.49. The Kier molecular flexibility index (Phi) is 6.45. The number of nitrogens with one attached hydrogen (secondary N) is 1. The molecule has 1 amide bonds. The summed E-state index contributed by atoms with van der Waals surface area (Å²) in [7, 11) is 0. The van der Waals surface area contributed by atoms with E-state index in [2.05, 4.69) is 31.3 Å². The summed E-state index contributed by atoms with van der Waals surface area (Å²) in [5.41, 5.74) is 2.90. The minimum Gasteiger partial charge on any atom is -0.494 e. The van der Waals surface area contributed by atoms with Crippen LogP contribution < -0.4 is 14.8 Å². The van der Waals surface area contributed by atoms with Crippen LogP contribution in [0, 0.1) is 6.92 Å². The van der Waals surface area contributed by atoms with E-state index in [1.165, 1.54) is 0 Å². The molecule has 0 heterocycles. The molecule has 2 aromatic rings. The minimum atomic E-state index is -0.602. The Bertz CT molecular complexity index is 725. The largest absolute Gasteiger partial charge is 0.494 e. The maximum Gasteiger partial charge on any atom is 0.265 e. The second-order valence-corrected chi connectivity index (χ2v) is 6.41. The lowest BCUT2D eigenvalue weighted by atomic mass is 10.0. The lowest BCUT2D eigenvalue weighted by Gasteiger charge is -2.19. The Morgan fingerprint density at radius 3 is 2.56 bits per heavy atom. The van der Waals surface area contributed by atoms with Crippen LogP contribution in [0.5, 0.6) is 11.5 Å². The lowest BCUT2D eigenvalue weighted by molar-refractivity contribution is -0.122. The van der Waals surface area contributed by atoms with E-state index in [1.807, 2.05) is 38.1 Å². The summed E-state index contributed by atoms with van der Waals surface area (Å²) in [5, 5.41) is 2.88. The first-order valence-electron chi connectivity index (χ1n) is 8.71. The van der Waals surface area contributed by atoms with Crippen molar-refractivity contribution in [3.05, 3.63) is 53.6 Å². The monoisotopic (exact) mass is 341 g/mol. The average molecular weight is 341 g/mol. The van der Waals surface area contributed by atoms with Gasteiger partial charge >= 0.3 is 0 Å². The highest BCUT2D eigenvalue weighted by molar-refractivity contribution is 5.94. The first kappa shape index (κ1) is 18.8. The van der Waals surface area contributed by atoms with E-state index in [0.29, 0.717) is 18.2 Å². The Morgan fingerprint density at radius 1 is 1.12 bits per heavy atom. The number of carbonyl (C=O) groups is 1. The van der Waals surface area contributed by atoms with Crippen molar-refractivity contribution < 1.29 is 14.3 Å². The predicted molar refractivity (Wildman–Crippen MR) is 102 cm³/mol. The second-order valence-electron chi connectivity index (χ2n) is 6.41. The molecule has 0 aliphatic carbocycles. The Labute approximate surface area is 150 Å². The van der Waals surface area contributed by atoms with E-state index in [-0.39, 0.29) is 5.91 Å². The van der Waals surface area contributed by atoms with Crippen LogP contribution in [0.25, 0.3) is 0 Å². The van der Waals surface area contributed by atoms with Gasteiger partial charge in [-0.25, -0.2) is 0 Å². The van der Waals surface area contributed by atoms with Gasteiger partial charge < -0.3 is 14.8 Å². The summed E-state index contributed by atoms with van der Waals surface area (Å²) >= 11 is 0. The summed E-state index contributed by atoms with van der Waals surface area (Å²) < 4.78 is 11.4. The number of rotatable bonds is 7. The van der Waals surface area contributed by atoms with Gasteiger partial charge in [0.1, 0.15) is 11.5 Å². The van der Waals surface area contributed by atoms with Crippen molar-refractivity contribution in [1.29, 1.82) is 0 Å². The SMILES string of the molecule is CCOc1cccc(NC(=O)C(C)Oc2cc(C)ccc2C(C)C)c1. The van der Waals surface area contributed by atoms with E-state index >= 15 is 0 Å². The molecule has 0 bridgehead atoms. The molecule has 1 unspecified atom stereocenters. The van der Waals surface area contributed by atoms with Gasteiger partial charge in [-0.1, -0.05) is 32.0 Å². The molecular formula is C21H27NO3. The minimum absolute atomic E-state index is 0.190. The van der Waals surface area contributed by atoms with E-state index in [1.54, 1.807) is 13.0 Å². The van der Waals surface area contributed by atoms with E-state index in [0.717, 1.165) is 22.6 Å². The van der Waals surface area contributed by atoms with Crippen molar-refractivity contribution >= 4 is 11.6 Å². The highest BCUT2D eigenvalue weighted by atomic mass is 16.5. The lowest BCUT2D eigenvalue weighted by Crippen LogP contribution is -2.30. The molecule has 0 aliphatic rings. The molecule has 0 spiro atoms. The number of aryl methyl sites for hydroxylation is 1. The molecule has 0 aliphatic heterocycles. The van der Waals surface area contributed by atoms with Gasteiger partial charge in [0.15, 0.2) is 6.10 Å². The van der Waals surface area contributed by atoms with Gasteiger partial charge in [0, 0.05) is 11.8 Å². The van der Waals surface area contributed by atoms with Crippen LogP contribution in [0.2, 0.25) is 0 Å². The fourth-order valence-electron chi connectivity index (χ4n) is 2.54. The molecule has 0 saturated carbocycles. The van der Waals surface area contributed by atoms with Crippen molar-refractivity contribution in [1.82, 2.24) is 0 Å². The number of ether oxygens (including phenoxy) is 2. The molecule has 4 nitrogen and oxygen atoms in total. The highest BCUT2D eigenvalue weighted by Crippen LogP contribution is 2.28. The zero-order chi connectivity index (χ0) is 18.4. The summed E-state index contributed by atoms with van der Waals surface area (Å²) in [5.74, 6) is 1.63. The smallest absolute Gasteiger partial charge is 0.265 e. The van der Waals surface area contributed by atoms with Crippen LogP contribution in [0.4, 0.5) is 5.69 Å². The van der Waals surface area contributed by atoms with Gasteiger partial charge in [0.25, 0.3) is 5.91 Å². The summed E-state index contributed by atoms with van der Waals surface area (Å²) in [6.07, 6.45) is -0.602. The third-order valence-corrected chi connectivity index (χ3v) is 3.88. The number of anilines is 1. The van der Waals surface area contributed by atoms with Crippen molar-refractivity contribution in [2.24, 2.45) is 0 Å².